The molecule has 0 aliphatic rings. The Labute approximate surface area is 161 Å². The number of halogens is 2. The maximum Gasteiger partial charge on any atom is 0.340 e. The minimum atomic E-state index is -0.378. The molecular weight excluding hydrogens is 406 g/mol. The van der Waals surface area contributed by atoms with Gasteiger partial charge in [-0.25, -0.2) is 4.79 Å². The van der Waals surface area contributed by atoms with E-state index in [1.807, 2.05) is 39.0 Å². The van der Waals surface area contributed by atoms with Crippen molar-refractivity contribution in [1.29, 1.82) is 0 Å². The van der Waals surface area contributed by atoms with Crippen molar-refractivity contribution in [3.63, 3.8) is 0 Å². The van der Waals surface area contributed by atoms with E-state index in [1.165, 1.54) is 7.11 Å². The van der Waals surface area contributed by atoms with Crippen molar-refractivity contribution in [2.24, 2.45) is 0 Å². The van der Waals surface area contributed by atoms with Gasteiger partial charge in [-0.2, -0.15) is 0 Å². The van der Waals surface area contributed by atoms with Crippen LogP contribution in [0.3, 0.4) is 0 Å². The van der Waals surface area contributed by atoms with Gasteiger partial charge in [0.05, 0.1) is 18.4 Å². The Morgan fingerprint density at radius 3 is 2.40 bits per heavy atom. The van der Waals surface area contributed by atoms with E-state index < -0.39 is 0 Å². The van der Waals surface area contributed by atoms with E-state index in [-0.39, 0.29) is 5.97 Å². The van der Waals surface area contributed by atoms with Crippen molar-refractivity contribution in [1.82, 2.24) is 0 Å². The lowest BCUT2D eigenvalue weighted by atomic mass is 10.1. The lowest BCUT2D eigenvalue weighted by Crippen LogP contribution is -2.15. The number of ether oxygens (including phenoxy) is 2. The SMILES string of the molecule is COC(=O)c1cc(C)cc(Br)c1NCCOc1cc(C)c(Cl)c(C)c1. The topological polar surface area (TPSA) is 47.6 Å². The molecule has 0 unspecified atom stereocenters. The molecule has 0 spiro atoms. The van der Waals surface area contributed by atoms with Crippen LogP contribution in [0.15, 0.2) is 28.7 Å². The lowest BCUT2D eigenvalue weighted by molar-refractivity contribution is 0.0601. The summed E-state index contributed by atoms with van der Waals surface area (Å²) in [6.07, 6.45) is 0. The first kappa shape index (κ1) is 19.6. The molecule has 0 bridgehead atoms. The molecule has 134 valence electrons. The number of methoxy groups -OCH3 is 1. The molecule has 25 heavy (non-hydrogen) atoms. The van der Waals surface area contributed by atoms with Gasteiger partial charge in [0.25, 0.3) is 0 Å². The van der Waals surface area contributed by atoms with Crippen LogP contribution in [0.5, 0.6) is 5.75 Å². The number of carbonyl (C=O) groups is 1. The van der Waals surface area contributed by atoms with Gasteiger partial charge in [-0.1, -0.05) is 11.6 Å². The average molecular weight is 427 g/mol. The van der Waals surface area contributed by atoms with Crippen LogP contribution in [0.2, 0.25) is 5.02 Å². The van der Waals surface area contributed by atoms with Gasteiger partial charge < -0.3 is 14.8 Å². The van der Waals surface area contributed by atoms with Crippen molar-refractivity contribution in [2.45, 2.75) is 20.8 Å². The van der Waals surface area contributed by atoms with E-state index in [4.69, 9.17) is 21.1 Å². The molecule has 0 saturated heterocycles. The van der Waals surface area contributed by atoms with Crippen LogP contribution < -0.4 is 10.1 Å². The predicted octanol–water partition coefficient (Wildman–Crippen LogP) is 5.31. The van der Waals surface area contributed by atoms with Gasteiger partial charge >= 0.3 is 5.97 Å². The third kappa shape index (κ3) is 4.89. The Morgan fingerprint density at radius 1 is 1.16 bits per heavy atom. The molecule has 1 N–H and O–H groups in total. The summed E-state index contributed by atoms with van der Waals surface area (Å²) < 4.78 is 11.4. The molecule has 6 heteroatoms. The normalized spacial score (nSPS) is 10.5. The third-order valence-electron chi connectivity index (χ3n) is 3.72. The van der Waals surface area contributed by atoms with Crippen LogP contribution in [-0.4, -0.2) is 26.2 Å². The van der Waals surface area contributed by atoms with Gasteiger partial charge in [0.1, 0.15) is 12.4 Å². The number of aryl methyl sites for hydroxylation is 3. The largest absolute Gasteiger partial charge is 0.492 e. The molecule has 0 aliphatic carbocycles. The van der Waals surface area contributed by atoms with Crippen LogP contribution in [0.25, 0.3) is 0 Å². The first-order chi connectivity index (χ1) is 11.8. The minimum Gasteiger partial charge on any atom is -0.492 e. The van der Waals surface area contributed by atoms with Crippen LogP contribution in [0.4, 0.5) is 5.69 Å². The number of rotatable bonds is 6. The zero-order valence-electron chi connectivity index (χ0n) is 14.7. The van der Waals surface area contributed by atoms with E-state index >= 15 is 0 Å². The lowest BCUT2D eigenvalue weighted by Gasteiger charge is -2.15. The van der Waals surface area contributed by atoms with Gasteiger partial charge in [0.2, 0.25) is 0 Å². The molecular formula is C19H21BrClNO3. The van der Waals surface area contributed by atoms with E-state index in [0.29, 0.717) is 24.4 Å². The fourth-order valence-electron chi connectivity index (χ4n) is 2.53. The second kappa shape index (κ2) is 8.59. The number of benzene rings is 2. The van der Waals surface area contributed by atoms with Gasteiger partial charge in [0, 0.05) is 16.0 Å². The highest BCUT2D eigenvalue weighted by atomic mass is 79.9. The number of hydrogen-bond acceptors (Lipinski definition) is 4. The van der Waals surface area contributed by atoms with E-state index in [9.17, 15) is 4.79 Å². The third-order valence-corrected chi connectivity index (χ3v) is 4.94. The first-order valence-corrected chi connectivity index (χ1v) is 9.02. The molecule has 2 aromatic carbocycles. The zero-order chi connectivity index (χ0) is 18.6. The molecule has 0 aromatic heterocycles. The summed E-state index contributed by atoms with van der Waals surface area (Å²) in [6.45, 7) is 6.81. The zero-order valence-corrected chi connectivity index (χ0v) is 17.0. The Morgan fingerprint density at radius 2 is 1.80 bits per heavy atom. The van der Waals surface area contributed by atoms with Gasteiger partial charge in [-0.3, -0.25) is 0 Å². The molecule has 0 heterocycles. The molecule has 0 fully saturated rings. The number of hydrogen-bond donors (Lipinski definition) is 1. The highest BCUT2D eigenvalue weighted by Gasteiger charge is 2.15. The monoisotopic (exact) mass is 425 g/mol. The smallest absolute Gasteiger partial charge is 0.340 e. The Kier molecular flexibility index (Phi) is 6.73. The summed E-state index contributed by atoms with van der Waals surface area (Å²) >= 11 is 9.66. The van der Waals surface area contributed by atoms with Crippen molar-refractivity contribution in [3.8, 4) is 5.75 Å². The van der Waals surface area contributed by atoms with Crippen molar-refractivity contribution in [2.75, 3.05) is 25.6 Å². The predicted molar refractivity (Wildman–Crippen MR) is 105 cm³/mol. The summed E-state index contributed by atoms with van der Waals surface area (Å²) in [5, 5.41) is 4.00. The quantitative estimate of drug-likeness (QED) is 0.502. The summed E-state index contributed by atoms with van der Waals surface area (Å²) in [5.74, 6) is 0.397. The molecule has 0 radical (unpaired) electrons. The fourth-order valence-corrected chi connectivity index (χ4v) is 3.35. The van der Waals surface area contributed by atoms with Crippen LogP contribution >= 0.6 is 27.5 Å². The highest BCUT2D eigenvalue weighted by Crippen LogP contribution is 2.29. The van der Waals surface area contributed by atoms with E-state index in [1.54, 1.807) is 6.07 Å². The summed E-state index contributed by atoms with van der Waals surface area (Å²) in [6, 6.07) is 7.57. The molecule has 0 aliphatic heterocycles. The summed E-state index contributed by atoms with van der Waals surface area (Å²) in [7, 11) is 1.37. The van der Waals surface area contributed by atoms with Crippen LogP contribution in [-0.2, 0) is 4.74 Å². The summed E-state index contributed by atoms with van der Waals surface area (Å²) in [4.78, 5) is 12.0. The Hall–Kier alpha value is -1.72. The molecule has 0 amide bonds. The first-order valence-electron chi connectivity index (χ1n) is 7.85. The Bertz CT molecular complexity index is 769. The molecule has 2 rings (SSSR count). The van der Waals surface area contributed by atoms with E-state index in [0.717, 1.165) is 31.9 Å². The Balaban J connectivity index is 2.04. The molecule has 2 aromatic rings. The second-order valence-electron chi connectivity index (χ2n) is 5.81. The molecule has 0 atom stereocenters. The van der Waals surface area contributed by atoms with Crippen molar-refractivity contribution in [3.05, 3.63) is 56.0 Å². The number of nitrogens with one attached hydrogen (secondary N) is 1. The van der Waals surface area contributed by atoms with Crippen LogP contribution in [0, 0.1) is 20.8 Å². The molecule has 0 saturated carbocycles. The minimum absolute atomic E-state index is 0.378. The van der Waals surface area contributed by atoms with Crippen molar-refractivity contribution < 1.29 is 14.3 Å². The van der Waals surface area contributed by atoms with Gasteiger partial charge in [0.15, 0.2) is 0 Å². The number of carbonyl (C=O) groups excluding carboxylic acids is 1. The van der Waals surface area contributed by atoms with Gasteiger partial charge in [-0.05, 0) is 77.7 Å². The number of anilines is 1. The standard InChI is InChI=1S/C19H21BrClNO3/c1-11-7-15(19(23)24-4)18(16(20)8-11)22-5-6-25-14-9-12(2)17(21)13(3)10-14/h7-10,22H,5-6H2,1-4H3. The number of esters is 1. The van der Waals surface area contributed by atoms with Gasteiger partial charge in [-0.15, -0.1) is 0 Å². The fraction of sp³-hybridized carbons (Fsp3) is 0.316. The average Bonchev–Trinajstić information content (AvgIpc) is 2.56. The highest BCUT2D eigenvalue weighted by molar-refractivity contribution is 9.10. The van der Waals surface area contributed by atoms with Crippen LogP contribution in [0.1, 0.15) is 27.0 Å². The van der Waals surface area contributed by atoms with E-state index in [2.05, 4.69) is 21.2 Å². The molecule has 4 nitrogen and oxygen atoms in total. The summed E-state index contributed by atoms with van der Waals surface area (Å²) in [5.41, 5.74) is 4.14. The maximum atomic E-state index is 12.0. The second-order valence-corrected chi connectivity index (χ2v) is 7.04. The van der Waals surface area contributed by atoms with Crippen molar-refractivity contribution >= 4 is 39.2 Å². The maximum absolute atomic E-state index is 12.0.